The maximum atomic E-state index is 5.41. The van der Waals surface area contributed by atoms with Gasteiger partial charge in [-0.25, -0.2) is 0 Å². The second-order valence-electron chi connectivity index (χ2n) is 15.0. The quantitative estimate of drug-likeness (QED) is 0.150. The van der Waals surface area contributed by atoms with Crippen molar-refractivity contribution in [3.8, 4) is 44.5 Å². The van der Waals surface area contributed by atoms with E-state index in [1.54, 1.807) is 0 Å². The summed E-state index contributed by atoms with van der Waals surface area (Å²) in [7, 11) is 0. The lowest BCUT2D eigenvalue weighted by molar-refractivity contribution is 0.650. The smallest absolute Gasteiger partial charge is 0.0787 e. The van der Waals surface area contributed by atoms with E-state index >= 15 is 0 Å². The minimum atomic E-state index is 0.482. The van der Waals surface area contributed by atoms with Crippen LogP contribution in [0, 0.1) is 25.7 Å². The van der Waals surface area contributed by atoms with Crippen LogP contribution >= 0.6 is 0 Å². The van der Waals surface area contributed by atoms with Gasteiger partial charge >= 0.3 is 0 Å². The Kier molecular flexibility index (Phi) is 8.84. The number of hydrogen-bond donors (Lipinski definition) is 0. The minimum absolute atomic E-state index is 0.482. The van der Waals surface area contributed by atoms with Crippen molar-refractivity contribution in [3.63, 3.8) is 0 Å². The van der Waals surface area contributed by atoms with Gasteiger partial charge in [0.1, 0.15) is 0 Å². The van der Waals surface area contributed by atoms with Crippen molar-refractivity contribution in [3.05, 3.63) is 144 Å². The molecule has 4 aromatic carbocycles. The molecular formula is C48H44N4. The highest BCUT2D eigenvalue weighted by molar-refractivity contribution is 6.17. The monoisotopic (exact) mass is 676 g/mol. The standard InChI is InChI=1S/C48H44N4/c1-29(2)23-43-41-19-17-40-39(47(41)51-31(5)45(43)35-13-7-11-33(25-35)37-15-9-21-49-27-37)18-20-42-44(24-30(3)4)46(32(6)52-48(40)42)36-14-8-12-34(26-36)38-16-10-22-50-28-38/h7-22,25-30H,23-24H2,1-6H3. The zero-order chi connectivity index (χ0) is 35.9. The molecule has 0 spiro atoms. The Labute approximate surface area is 306 Å². The van der Waals surface area contributed by atoms with E-state index in [9.17, 15) is 0 Å². The highest BCUT2D eigenvalue weighted by atomic mass is 14.7. The largest absolute Gasteiger partial charge is 0.264 e. The van der Waals surface area contributed by atoms with Gasteiger partial charge in [-0.05, 0) is 96.2 Å². The van der Waals surface area contributed by atoms with E-state index < -0.39 is 0 Å². The summed E-state index contributed by atoms with van der Waals surface area (Å²) in [6.07, 6.45) is 9.43. The predicted molar refractivity (Wildman–Crippen MR) is 218 cm³/mol. The lowest BCUT2D eigenvalue weighted by Gasteiger charge is -2.21. The van der Waals surface area contributed by atoms with Gasteiger partial charge in [-0.2, -0.15) is 0 Å². The fraction of sp³-hybridized carbons (Fsp3) is 0.208. The van der Waals surface area contributed by atoms with E-state index in [1.165, 1.54) is 44.2 Å². The molecule has 0 aliphatic rings. The van der Waals surface area contributed by atoms with Crippen molar-refractivity contribution in [1.82, 2.24) is 19.9 Å². The van der Waals surface area contributed by atoms with Crippen LogP contribution in [0.5, 0.6) is 0 Å². The van der Waals surface area contributed by atoms with Crippen molar-refractivity contribution in [2.45, 2.75) is 54.4 Å². The molecule has 4 aromatic heterocycles. The van der Waals surface area contributed by atoms with E-state index in [0.717, 1.165) is 68.3 Å². The SMILES string of the molecule is Cc1nc2c(ccc3c2ccc2c(CC(C)C)c(-c4cccc(-c5cccnc5)c4)c(C)nc23)c(CC(C)C)c1-c1cccc(-c2cccnc2)c1. The molecule has 0 amide bonds. The third-order valence-electron chi connectivity index (χ3n) is 10.2. The average molecular weight is 677 g/mol. The van der Waals surface area contributed by atoms with Gasteiger partial charge < -0.3 is 0 Å². The molecule has 4 heteroatoms. The van der Waals surface area contributed by atoms with Gasteiger partial charge in [-0.15, -0.1) is 0 Å². The lowest BCUT2D eigenvalue weighted by atomic mass is 9.86. The van der Waals surface area contributed by atoms with Crippen molar-refractivity contribution in [2.24, 2.45) is 11.8 Å². The van der Waals surface area contributed by atoms with Gasteiger partial charge in [-0.3, -0.25) is 19.9 Å². The number of nitrogens with zero attached hydrogens (tertiary/aromatic N) is 4. The van der Waals surface area contributed by atoms with Crippen LogP contribution in [0.15, 0.2) is 122 Å². The molecule has 0 saturated carbocycles. The summed E-state index contributed by atoms with van der Waals surface area (Å²) >= 11 is 0. The Morgan fingerprint density at radius 1 is 0.442 bits per heavy atom. The third kappa shape index (κ3) is 6.13. The summed E-state index contributed by atoms with van der Waals surface area (Å²) in [6, 6.07) is 35.1. The second kappa shape index (κ2) is 13.8. The van der Waals surface area contributed by atoms with Crippen LogP contribution in [-0.4, -0.2) is 19.9 Å². The van der Waals surface area contributed by atoms with Gasteiger partial charge in [0.15, 0.2) is 0 Å². The molecule has 0 N–H and O–H groups in total. The first-order valence-corrected chi connectivity index (χ1v) is 18.5. The van der Waals surface area contributed by atoms with Gasteiger partial charge in [-0.1, -0.05) is 100 Å². The van der Waals surface area contributed by atoms with Gasteiger partial charge in [0.2, 0.25) is 0 Å². The highest BCUT2D eigenvalue weighted by Crippen LogP contribution is 2.41. The Morgan fingerprint density at radius 2 is 0.827 bits per heavy atom. The molecule has 0 aliphatic heterocycles. The summed E-state index contributed by atoms with van der Waals surface area (Å²) in [5.41, 5.74) is 16.3. The van der Waals surface area contributed by atoms with Gasteiger partial charge in [0.05, 0.1) is 11.0 Å². The molecule has 8 aromatic rings. The second-order valence-corrected chi connectivity index (χ2v) is 15.0. The van der Waals surface area contributed by atoms with Crippen LogP contribution in [0.2, 0.25) is 0 Å². The van der Waals surface area contributed by atoms with E-state index in [2.05, 4.69) is 136 Å². The summed E-state index contributed by atoms with van der Waals surface area (Å²) in [6.45, 7) is 13.6. The zero-order valence-corrected chi connectivity index (χ0v) is 30.9. The summed E-state index contributed by atoms with van der Waals surface area (Å²) in [5.74, 6) is 0.964. The third-order valence-corrected chi connectivity index (χ3v) is 10.2. The fourth-order valence-corrected chi connectivity index (χ4v) is 8.04. The number of rotatable bonds is 8. The first-order chi connectivity index (χ1) is 25.3. The number of benzene rings is 4. The van der Waals surface area contributed by atoms with Crippen molar-refractivity contribution in [1.29, 1.82) is 0 Å². The number of hydrogen-bond acceptors (Lipinski definition) is 4. The summed E-state index contributed by atoms with van der Waals surface area (Å²) in [5, 5.41) is 4.75. The summed E-state index contributed by atoms with van der Waals surface area (Å²) in [4.78, 5) is 19.6. The first-order valence-electron chi connectivity index (χ1n) is 18.5. The van der Waals surface area contributed by atoms with E-state index in [0.29, 0.717) is 11.8 Å². The van der Waals surface area contributed by atoms with Crippen LogP contribution in [0.25, 0.3) is 77.1 Å². The maximum absolute atomic E-state index is 5.41. The highest BCUT2D eigenvalue weighted by Gasteiger charge is 2.21. The zero-order valence-electron chi connectivity index (χ0n) is 30.9. The van der Waals surface area contributed by atoms with Crippen LogP contribution in [0.4, 0.5) is 0 Å². The molecule has 0 unspecified atom stereocenters. The average Bonchev–Trinajstić information content (AvgIpc) is 3.15. The molecule has 4 heterocycles. The molecule has 0 fully saturated rings. The van der Waals surface area contributed by atoms with E-state index in [1.807, 2.05) is 36.9 Å². The first kappa shape index (κ1) is 33.4. The van der Waals surface area contributed by atoms with Crippen molar-refractivity contribution >= 4 is 32.6 Å². The molecule has 256 valence electrons. The topological polar surface area (TPSA) is 51.6 Å². The normalized spacial score (nSPS) is 11.8. The maximum Gasteiger partial charge on any atom is 0.0787 e. The molecular weight excluding hydrogens is 633 g/mol. The summed E-state index contributed by atoms with van der Waals surface area (Å²) < 4.78 is 0. The number of pyridine rings is 4. The van der Waals surface area contributed by atoms with Crippen molar-refractivity contribution < 1.29 is 0 Å². The van der Waals surface area contributed by atoms with Crippen LogP contribution in [0.3, 0.4) is 0 Å². The number of aromatic nitrogens is 4. The molecule has 0 atom stereocenters. The van der Waals surface area contributed by atoms with E-state index in [-0.39, 0.29) is 0 Å². The Bertz CT molecular complexity index is 2410. The van der Waals surface area contributed by atoms with Crippen LogP contribution in [-0.2, 0) is 12.8 Å². The van der Waals surface area contributed by atoms with Crippen LogP contribution in [0.1, 0.15) is 50.2 Å². The lowest BCUT2D eigenvalue weighted by Crippen LogP contribution is -2.04. The number of aryl methyl sites for hydroxylation is 2. The van der Waals surface area contributed by atoms with Crippen LogP contribution < -0.4 is 0 Å². The fourth-order valence-electron chi connectivity index (χ4n) is 8.04. The molecule has 0 saturated heterocycles. The molecule has 0 aliphatic carbocycles. The molecule has 0 bridgehead atoms. The Balaban J connectivity index is 1.34. The molecule has 8 rings (SSSR count). The Hall–Kier alpha value is -5.74. The minimum Gasteiger partial charge on any atom is -0.264 e. The molecule has 0 radical (unpaired) electrons. The molecule has 52 heavy (non-hydrogen) atoms. The van der Waals surface area contributed by atoms with Gasteiger partial charge in [0.25, 0.3) is 0 Å². The van der Waals surface area contributed by atoms with Gasteiger partial charge in [0, 0.05) is 80.0 Å². The Morgan fingerprint density at radius 3 is 1.21 bits per heavy atom. The molecule has 4 nitrogen and oxygen atoms in total. The predicted octanol–water partition coefficient (Wildman–Crippen LogP) is 12.4. The number of fused-ring (bicyclic) bond motifs is 5. The van der Waals surface area contributed by atoms with E-state index in [4.69, 9.17) is 9.97 Å². The van der Waals surface area contributed by atoms with Crippen molar-refractivity contribution in [2.75, 3.05) is 0 Å².